The van der Waals surface area contributed by atoms with Crippen LogP contribution in [0.15, 0.2) is 23.8 Å². The molecule has 0 bridgehead atoms. The molecule has 136 valence electrons. The maximum atomic E-state index is 13.6. The third-order valence-corrected chi connectivity index (χ3v) is 11.6. The highest BCUT2D eigenvalue weighted by atomic mass is 28.4. The SMILES string of the molecule is C=C1CCC[C@]1(C)[C@]1(C(=O)O[Si](C)(C)C(C)(C)C)CC=C(C)CC1. The Morgan fingerprint density at radius 2 is 1.88 bits per heavy atom. The summed E-state index contributed by atoms with van der Waals surface area (Å²) >= 11 is 0. The fraction of sp³-hybridized carbons (Fsp3) is 0.762. The molecule has 0 aromatic heterocycles. The quantitative estimate of drug-likeness (QED) is 0.436. The lowest BCUT2D eigenvalue weighted by atomic mass is 9.56. The van der Waals surface area contributed by atoms with Crippen molar-refractivity contribution in [2.75, 3.05) is 0 Å². The van der Waals surface area contributed by atoms with Crippen LogP contribution in [-0.4, -0.2) is 14.3 Å². The molecule has 2 nitrogen and oxygen atoms in total. The van der Waals surface area contributed by atoms with Crippen LogP contribution in [0, 0.1) is 10.8 Å². The van der Waals surface area contributed by atoms with Gasteiger partial charge in [0.1, 0.15) is 0 Å². The van der Waals surface area contributed by atoms with E-state index in [-0.39, 0.29) is 16.4 Å². The minimum absolute atomic E-state index is 0.0395. The molecule has 2 rings (SSSR count). The van der Waals surface area contributed by atoms with Crippen LogP contribution in [0.1, 0.15) is 73.1 Å². The number of allylic oxidation sites excluding steroid dienone is 3. The van der Waals surface area contributed by atoms with Crippen molar-refractivity contribution in [2.24, 2.45) is 10.8 Å². The minimum Gasteiger partial charge on any atom is -0.519 e. The van der Waals surface area contributed by atoms with Gasteiger partial charge in [-0.1, -0.05) is 51.5 Å². The first-order valence-electron chi connectivity index (χ1n) is 9.43. The number of hydrogen-bond donors (Lipinski definition) is 0. The largest absolute Gasteiger partial charge is 0.519 e. The monoisotopic (exact) mass is 348 g/mol. The Kier molecular flexibility index (Phi) is 5.00. The first-order valence-corrected chi connectivity index (χ1v) is 12.3. The lowest BCUT2D eigenvalue weighted by Crippen LogP contribution is -2.52. The molecule has 3 heteroatoms. The number of rotatable bonds is 3. The van der Waals surface area contributed by atoms with Gasteiger partial charge in [0.2, 0.25) is 0 Å². The molecule has 0 radical (unpaired) electrons. The van der Waals surface area contributed by atoms with Crippen molar-refractivity contribution in [2.45, 2.75) is 91.3 Å². The van der Waals surface area contributed by atoms with E-state index in [1.54, 1.807) is 0 Å². The molecule has 2 aliphatic carbocycles. The summed E-state index contributed by atoms with van der Waals surface area (Å²) in [7, 11) is -2.12. The Labute approximate surface area is 149 Å². The highest BCUT2D eigenvalue weighted by molar-refractivity contribution is 6.75. The highest BCUT2D eigenvalue weighted by Crippen LogP contribution is 2.60. The molecule has 1 fully saturated rings. The van der Waals surface area contributed by atoms with Crippen LogP contribution in [0.5, 0.6) is 0 Å². The van der Waals surface area contributed by atoms with Crippen LogP contribution in [0.2, 0.25) is 18.1 Å². The second kappa shape index (κ2) is 6.16. The lowest BCUT2D eigenvalue weighted by molar-refractivity contribution is -0.155. The van der Waals surface area contributed by atoms with Gasteiger partial charge in [0.05, 0.1) is 5.41 Å². The average Bonchev–Trinajstić information content (AvgIpc) is 2.79. The molecule has 0 saturated heterocycles. The summed E-state index contributed by atoms with van der Waals surface area (Å²) in [5, 5.41) is 0.0395. The van der Waals surface area contributed by atoms with Crippen LogP contribution in [0.25, 0.3) is 0 Å². The molecule has 0 aliphatic heterocycles. The molecule has 24 heavy (non-hydrogen) atoms. The molecular formula is C21H36O2Si. The molecule has 0 unspecified atom stereocenters. The summed E-state index contributed by atoms with van der Waals surface area (Å²) in [5.41, 5.74) is 2.11. The van der Waals surface area contributed by atoms with E-state index >= 15 is 0 Å². The van der Waals surface area contributed by atoms with Gasteiger partial charge in [-0.05, 0) is 63.6 Å². The maximum absolute atomic E-state index is 13.6. The van der Waals surface area contributed by atoms with Crippen molar-refractivity contribution in [3.05, 3.63) is 23.8 Å². The second-order valence-electron chi connectivity index (χ2n) is 9.78. The molecule has 0 N–H and O–H groups in total. The van der Waals surface area contributed by atoms with Gasteiger partial charge in [0.15, 0.2) is 0 Å². The van der Waals surface area contributed by atoms with Gasteiger partial charge in [0.25, 0.3) is 14.3 Å². The lowest BCUT2D eigenvalue weighted by Gasteiger charge is -2.49. The van der Waals surface area contributed by atoms with Gasteiger partial charge in [-0.25, -0.2) is 0 Å². The third kappa shape index (κ3) is 3.05. The molecule has 2 atom stereocenters. The zero-order valence-electron chi connectivity index (χ0n) is 16.8. The Morgan fingerprint density at radius 1 is 1.25 bits per heavy atom. The van der Waals surface area contributed by atoms with Crippen molar-refractivity contribution < 1.29 is 9.22 Å². The standard InChI is InChI=1S/C21H36O2Si/c1-16-11-14-21(15-12-16,20(6)13-9-10-17(20)2)18(22)23-24(7,8)19(3,4)5/h11H,2,9-10,12-15H2,1,3-8H3/t20-,21+/m0/s1. The number of carbonyl (C=O) groups is 1. The molecular weight excluding hydrogens is 312 g/mol. The normalized spacial score (nSPS) is 31.8. The summed E-state index contributed by atoms with van der Waals surface area (Å²) in [6.07, 6.45) is 8.23. The zero-order chi connectivity index (χ0) is 18.4. The topological polar surface area (TPSA) is 26.3 Å². The van der Waals surface area contributed by atoms with Crippen molar-refractivity contribution in [1.29, 1.82) is 0 Å². The first-order chi connectivity index (χ1) is 10.9. The number of hydrogen-bond acceptors (Lipinski definition) is 2. The van der Waals surface area contributed by atoms with E-state index < -0.39 is 13.7 Å². The van der Waals surface area contributed by atoms with Crippen LogP contribution < -0.4 is 0 Å². The van der Waals surface area contributed by atoms with E-state index in [0.29, 0.717) is 0 Å². The van der Waals surface area contributed by atoms with Crippen molar-refractivity contribution >= 4 is 14.3 Å². The predicted molar refractivity (Wildman–Crippen MR) is 104 cm³/mol. The van der Waals surface area contributed by atoms with Gasteiger partial charge >= 0.3 is 0 Å². The van der Waals surface area contributed by atoms with E-state index in [1.165, 1.54) is 11.1 Å². The van der Waals surface area contributed by atoms with Gasteiger partial charge in [-0.15, -0.1) is 0 Å². The molecule has 0 amide bonds. The summed E-state index contributed by atoms with van der Waals surface area (Å²) in [6.45, 7) is 19.7. The van der Waals surface area contributed by atoms with Gasteiger partial charge in [-0.3, -0.25) is 4.79 Å². The van der Waals surface area contributed by atoms with Gasteiger partial charge < -0.3 is 4.43 Å². The van der Waals surface area contributed by atoms with Gasteiger partial charge in [0, 0.05) is 5.41 Å². The Balaban J connectivity index is 2.41. The maximum Gasteiger partial charge on any atom is 0.299 e. The fourth-order valence-electron chi connectivity index (χ4n) is 4.04. The highest BCUT2D eigenvalue weighted by Gasteiger charge is 2.58. The zero-order valence-corrected chi connectivity index (χ0v) is 17.8. The van der Waals surface area contributed by atoms with Crippen molar-refractivity contribution in [3.63, 3.8) is 0 Å². The second-order valence-corrected chi connectivity index (χ2v) is 14.5. The smallest absolute Gasteiger partial charge is 0.299 e. The van der Waals surface area contributed by atoms with Crippen molar-refractivity contribution in [1.82, 2.24) is 0 Å². The number of carbonyl (C=O) groups excluding carboxylic acids is 1. The molecule has 0 spiro atoms. The van der Waals surface area contributed by atoms with Gasteiger partial charge in [-0.2, -0.15) is 0 Å². The van der Waals surface area contributed by atoms with Crippen LogP contribution in [0.4, 0.5) is 0 Å². The summed E-state index contributed by atoms with van der Waals surface area (Å²) < 4.78 is 6.34. The van der Waals surface area contributed by atoms with E-state index in [2.05, 4.69) is 60.4 Å². The van der Waals surface area contributed by atoms with E-state index in [1.807, 2.05) is 0 Å². The van der Waals surface area contributed by atoms with E-state index in [0.717, 1.165) is 38.5 Å². The average molecular weight is 349 g/mol. The van der Waals surface area contributed by atoms with Crippen LogP contribution in [0.3, 0.4) is 0 Å². The van der Waals surface area contributed by atoms with Crippen LogP contribution >= 0.6 is 0 Å². The first kappa shape index (κ1) is 19.5. The fourth-order valence-corrected chi connectivity index (χ4v) is 5.01. The third-order valence-electron chi connectivity index (χ3n) is 7.28. The van der Waals surface area contributed by atoms with Crippen molar-refractivity contribution in [3.8, 4) is 0 Å². The predicted octanol–water partition coefficient (Wildman–Crippen LogP) is 6.40. The van der Waals surface area contributed by atoms with E-state index in [9.17, 15) is 4.79 Å². The minimum atomic E-state index is -2.12. The molecule has 0 heterocycles. The summed E-state index contributed by atoms with van der Waals surface area (Å²) in [5.74, 6) is 0.0448. The Hall–Kier alpha value is -0.833. The molecule has 1 saturated carbocycles. The molecule has 2 aliphatic rings. The summed E-state index contributed by atoms with van der Waals surface area (Å²) in [4.78, 5) is 13.6. The Bertz CT molecular complexity index is 567. The Morgan fingerprint density at radius 3 is 2.29 bits per heavy atom. The van der Waals surface area contributed by atoms with Crippen LogP contribution in [-0.2, 0) is 9.22 Å². The molecule has 0 aromatic rings. The molecule has 0 aromatic carbocycles. The van der Waals surface area contributed by atoms with E-state index in [4.69, 9.17) is 4.43 Å². The summed E-state index contributed by atoms with van der Waals surface area (Å²) in [6, 6.07) is 0.